The van der Waals surface area contributed by atoms with E-state index in [4.69, 9.17) is 4.74 Å². The highest BCUT2D eigenvalue weighted by Gasteiger charge is 2.15. The molecule has 0 aliphatic carbocycles. The Bertz CT molecular complexity index is 933. The number of benzene rings is 3. The molecule has 0 aliphatic heterocycles. The first kappa shape index (κ1) is 17.3. The summed E-state index contributed by atoms with van der Waals surface area (Å²) < 4.78 is 5.20. The number of carbonyl (C=O) groups is 1. The van der Waals surface area contributed by atoms with Gasteiger partial charge in [0.15, 0.2) is 0 Å². The van der Waals surface area contributed by atoms with Gasteiger partial charge in [0.25, 0.3) is 0 Å². The maximum absolute atomic E-state index is 12.9. The minimum Gasteiger partial charge on any atom is -0.497 e. The molecule has 0 amide bonds. The quantitative estimate of drug-likeness (QED) is 0.379. The van der Waals surface area contributed by atoms with Crippen LogP contribution in [0.25, 0.3) is 0 Å². The molecule has 4 nitrogen and oxygen atoms in total. The Morgan fingerprint density at radius 3 is 2.15 bits per heavy atom. The Morgan fingerprint density at radius 2 is 1.50 bits per heavy atom. The van der Waals surface area contributed by atoms with Crippen molar-refractivity contribution in [1.29, 1.82) is 0 Å². The van der Waals surface area contributed by atoms with Crippen LogP contribution in [0.4, 0.5) is 0 Å². The lowest BCUT2D eigenvalue weighted by atomic mass is 10.0. The van der Waals surface area contributed by atoms with Crippen LogP contribution in [0.1, 0.15) is 21.5 Å². The molecule has 0 radical (unpaired) electrons. The fourth-order valence-corrected chi connectivity index (χ4v) is 2.43. The number of methoxy groups -OCH3 is 1. The molecular formula is C22H18N2O2. The molecule has 0 spiro atoms. The van der Waals surface area contributed by atoms with Crippen LogP contribution in [0, 0.1) is 0 Å². The van der Waals surface area contributed by atoms with Gasteiger partial charge in [0.1, 0.15) is 11.5 Å². The maximum atomic E-state index is 12.9. The largest absolute Gasteiger partial charge is 0.497 e. The number of hydrogen-bond acceptors (Lipinski definition) is 4. The normalized spacial score (nSPS) is 11.5. The van der Waals surface area contributed by atoms with E-state index in [-0.39, 0.29) is 5.78 Å². The molecule has 0 heterocycles. The van der Waals surface area contributed by atoms with Crippen molar-refractivity contribution in [3.05, 3.63) is 102 Å². The van der Waals surface area contributed by atoms with E-state index in [1.807, 2.05) is 72.8 Å². The SMILES string of the molecule is COc1cccc(/C=N/N=C(/C(=O)c2ccccc2)c2ccccc2)c1. The number of ketones is 1. The highest BCUT2D eigenvalue weighted by molar-refractivity contribution is 6.51. The molecule has 3 rings (SSSR count). The zero-order valence-electron chi connectivity index (χ0n) is 14.4. The fourth-order valence-electron chi connectivity index (χ4n) is 2.43. The lowest BCUT2D eigenvalue weighted by molar-refractivity contribution is 0.106. The molecule has 0 bridgehead atoms. The van der Waals surface area contributed by atoms with E-state index in [0.29, 0.717) is 11.3 Å². The summed E-state index contributed by atoms with van der Waals surface area (Å²) in [5.41, 5.74) is 2.44. The van der Waals surface area contributed by atoms with E-state index in [1.54, 1.807) is 25.5 Å². The molecule has 3 aromatic rings. The molecular weight excluding hydrogens is 324 g/mol. The third kappa shape index (κ3) is 4.30. The van der Waals surface area contributed by atoms with Crippen molar-refractivity contribution in [3.8, 4) is 5.75 Å². The standard InChI is InChI=1S/C22H18N2O2/c1-26-20-14-8-9-17(15-20)16-23-24-21(18-10-4-2-5-11-18)22(25)19-12-6-3-7-13-19/h2-16H,1H3/b23-16+,24-21+. The van der Waals surface area contributed by atoms with E-state index >= 15 is 0 Å². The van der Waals surface area contributed by atoms with Crippen LogP contribution in [0.15, 0.2) is 95.1 Å². The van der Waals surface area contributed by atoms with E-state index < -0.39 is 0 Å². The Morgan fingerprint density at radius 1 is 0.846 bits per heavy atom. The van der Waals surface area contributed by atoms with Crippen molar-refractivity contribution in [2.45, 2.75) is 0 Å². The molecule has 0 fully saturated rings. The van der Waals surface area contributed by atoms with E-state index in [9.17, 15) is 4.79 Å². The predicted octanol–water partition coefficient (Wildman–Crippen LogP) is 4.40. The molecule has 0 unspecified atom stereocenters. The first-order valence-electron chi connectivity index (χ1n) is 8.18. The number of Topliss-reactive ketones (excluding diaryl/α,β-unsaturated/α-hetero) is 1. The topological polar surface area (TPSA) is 51.0 Å². The van der Waals surface area contributed by atoms with Crippen LogP contribution in [0.2, 0.25) is 0 Å². The highest BCUT2D eigenvalue weighted by Crippen LogP contribution is 2.12. The predicted molar refractivity (Wildman–Crippen MR) is 104 cm³/mol. The van der Waals surface area contributed by atoms with Crippen molar-refractivity contribution in [2.24, 2.45) is 10.2 Å². The number of nitrogens with zero attached hydrogens (tertiary/aromatic N) is 2. The van der Waals surface area contributed by atoms with Crippen molar-refractivity contribution in [1.82, 2.24) is 0 Å². The zero-order chi connectivity index (χ0) is 18.2. The van der Waals surface area contributed by atoms with Gasteiger partial charge in [-0.25, -0.2) is 0 Å². The second kappa shape index (κ2) is 8.53. The first-order valence-corrected chi connectivity index (χ1v) is 8.18. The van der Waals surface area contributed by atoms with Crippen molar-refractivity contribution >= 4 is 17.7 Å². The van der Waals surface area contributed by atoms with E-state index in [0.717, 1.165) is 16.9 Å². The second-order valence-corrected chi connectivity index (χ2v) is 5.53. The highest BCUT2D eigenvalue weighted by atomic mass is 16.5. The summed E-state index contributed by atoms with van der Waals surface area (Å²) in [4.78, 5) is 12.9. The smallest absolute Gasteiger partial charge is 0.213 e. The fraction of sp³-hybridized carbons (Fsp3) is 0.0455. The lowest BCUT2D eigenvalue weighted by Gasteiger charge is -2.04. The number of hydrogen-bond donors (Lipinski definition) is 0. The van der Waals surface area contributed by atoms with Crippen molar-refractivity contribution in [3.63, 3.8) is 0 Å². The molecule has 0 aliphatic rings. The van der Waals surface area contributed by atoms with Gasteiger partial charge in [0, 0.05) is 11.1 Å². The molecule has 26 heavy (non-hydrogen) atoms. The summed E-state index contributed by atoms with van der Waals surface area (Å²) in [7, 11) is 1.61. The number of carbonyl (C=O) groups excluding carboxylic acids is 1. The monoisotopic (exact) mass is 342 g/mol. The summed E-state index contributed by atoms with van der Waals surface area (Å²) >= 11 is 0. The van der Waals surface area contributed by atoms with Crippen LogP contribution in [-0.4, -0.2) is 24.8 Å². The summed E-state index contributed by atoms with van der Waals surface area (Å²) in [6.07, 6.45) is 1.60. The van der Waals surface area contributed by atoms with Gasteiger partial charge < -0.3 is 4.74 Å². The van der Waals surface area contributed by atoms with E-state index in [2.05, 4.69) is 10.2 Å². The minimum atomic E-state index is -0.167. The third-order valence-corrected chi connectivity index (χ3v) is 3.76. The van der Waals surface area contributed by atoms with Crippen LogP contribution >= 0.6 is 0 Å². The summed E-state index contributed by atoms with van der Waals surface area (Å²) in [6.45, 7) is 0. The van der Waals surface area contributed by atoms with Crippen LogP contribution in [-0.2, 0) is 0 Å². The van der Waals surface area contributed by atoms with Gasteiger partial charge in [-0.3, -0.25) is 4.79 Å². The van der Waals surface area contributed by atoms with E-state index in [1.165, 1.54) is 0 Å². The summed E-state index contributed by atoms with van der Waals surface area (Å²) in [5, 5.41) is 8.34. The van der Waals surface area contributed by atoms with Crippen LogP contribution < -0.4 is 4.74 Å². The summed E-state index contributed by atoms with van der Waals surface area (Å²) in [6, 6.07) is 25.9. The first-order chi connectivity index (χ1) is 12.8. The van der Waals surface area contributed by atoms with Gasteiger partial charge in [-0.2, -0.15) is 5.10 Å². The molecule has 0 saturated heterocycles. The minimum absolute atomic E-state index is 0.167. The molecule has 0 atom stereocenters. The average Bonchev–Trinajstić information content (AvgIpc) is 2.72. The van der Waals surface area contributed by atoms with Crippen molar-refractivity contribution in [2.75, 3.05) is 7.11 Å². The Labute approximate surface area is 152 Å². The van der Waals surface area contributed by atoms with Gasteiger partial charge in [-0.05, 0) is 17.7 Å². The molecule has 4 heteroatoms. The molecule has 128 valence electrons. The zero-order valence-corrected chi connectivity index (χ0v) is 14.4. The molecule has 0 saturated carbocycles. The van der Waals surface area contributed by atoms with Crippen LogP contribution in [0.3, 0.4) is 0 Å². The number of ether oxygens (including phenoxy) is 1. The lowest BCUT2D eigenvalue weighted by Crippen LogP contribution is -2.15. The average molecular weight is 342 g/mol. The molecule has 0 aromatic heterocycles. The molecule has 3 aromatic carbocycles. The van der Waals surface area contributed by atoms with Crippen LogP contribution in [0.5, 0.6) is 5.75 Å². The van der Waals surface area contributed by atoms with Gasteiger partial charge in [0.2, 0.25) is 5.78 Å². The second-order valence-electron chi connectivity index (χ2n) is 5.53. The Balaban J connectivity index is 1.94. The van der Waals surface area contributed by atoms with Gasteiger partial charge in [0.05, 0.1) is 13.3 Å². The Hall–Kier alpha value is -3.53. The maximum Gasteiger partial charge on any atom is 0.213 e. The van der Waals surface area contributed by atoms with Gasteiger partial charge in [-0.15, -0.1) is 5.10 Å². The van der Waals surface area contributed by atoms with Crippen molar-refractivity contribution < 1.29 is 9.53 Å². The Kier molecular flexibility index (Phi) is 5.68. The third-order valence-electron chi connectivity index (χ3n) is 3.76. The number of rotatable bonds is 6. The van der Waals surface area contributed by atoms with Gasteiger partial charge in [-0.1, -0.05) is 72.8 Å². The molecule has 0 N–H and O–H groups in total. The summed E-state index contributed by atoms with van der Waals surface area (Å²) in [5.74, 6) is 0.571. The van der Waals surface area contributed by atoms with Gasteiger partial charge >= 0.3 is 0 Å².